The van der Waals surface area contributed by atoms with Crippen LogP contribution < -0.4 is 4.90 Å². The van der Waals surface area contributed by atoms with Crippen molar-refractivity contribution in [2.45, 2.75) is 30.6 Å². The van der Waals surface area contributed by atoms with Crippen molar-refractivity contribution < 1.29 is 0 Å². The van der Waals surface area contributed by atoms with Gasteiger partial charge in [-0.25, -0.2) is 0 Å². The average Bonchev–Trinajstić information content (AvgIpc) is 3.95. The summed E-state index contributed by atoms with van der Waals surface area (Å²) in [4.78, 5) is 2.42. The molecule has 0 aliphatic heterocycles. The second-order valence-corrected chi connectivity index (χ2v) is 19.1. The summed E-state index contributed by atoms with van der Waals surface area (Å²) in [6, 6.07) is 86.8. The standard InChI is InChI=1S/C65H45N/c1-64(2)55-26-12-8-21-48(55)53-39-42(33-37-56(53)64)41-31-35-45(36-32-41)66(44-17-4-3-5-18-44)61-30-15-11-19-46(61)43-34-38-59-54(40-43)49-22-9-13-27-57(49)65(59)58-28-14-10-24-52(58)62-50-23-7-6-20-47(50)51-25-16-29-60(65)63(51)62/h3-40,62H,1-2H3. The summed E-state index contributed by atoms with van der Waals surface area (Å²) in [5.74, 6) is 0.216. The Balaban J connectivity index is 0.910. The molecule has 0 saturated carbocycles. The number of anilines is 3. The number of benzene rings is 10. The third-order valence-corrected chi connectivity index (χ3v) is 15.6. The van der Waals surface area contributed by atoms with Gasteiger partial charge in [-0.15, -0.1) is 0 Å². The van der Waals surface area contributed by atoms with Crippen molar-refractivity contribution in [3.63, 3.8) is 0 Å². The van der Waals surface area contributed by atoms with Gasteiger partial charge >= 0.3 is 0 Å². The lowest BCUT2D eigenvalue weighted by atomic mass is 9.59. The van der Waals surface area contributed by atoms with Crippen molar-refractivity contribution >= 4 is 17.1 Å². The van der Waals surface area contributed by atoms with Crippen molar-refractivity contribution in [3.05, 3.63) is 281 Å². The molecule has 0 heterocycles. The van der Waals surface area contributed by atoms with Gasteiger partial charge in [0.1, 0.15) is 0 Å². The number of rotatable bonds is 5. The molecule has 0 saturated heterocycles. The molecule has 0 bridgehead atoms. The largest absolute Gasteiger partial charge is 0.310 e. The molecule has 14 rings (SSSR count). The molecule has 0 amide bonds. The zero-order valence-corrected chi connectivity index (χ0v) is 37.0. The lowest BCUT2D eigenvalue weighted by molar-refractivity contribution is 0.660. The molecule has 4 aliphatic carbocycles. The van der Waals surface area contributed by atoms with E-state index in [-0.39, 0.29) is 11.3 Å². The van der Waals surface area contributed by atoms with Gasteiger partial charge in [-0.1, -0.05) is 202 Å². The predicted octanol–water partition coefficient (Wildman–Crippen LogP) is 16.6. The van der Waals surface area contributed by atoms with Crippen LogP contribution in [0.2, 0.25) is 0 Å². The minimum Gasteiger partial charge on any atom is -0.310 e. The summed E-state index contributed by atoms with van der Waals surface area (Å²) in [5.41, 5.74) is 28.4. The highest BCUT2D eigenvalue weighted by molar-refractivity contribution is 5.96. The average molecular weight is 840 g/mol. The molecule has 1 heteroatoms. The zero-order valence-electron chi connectivity index (χ0n) is 37.0. The molecule has 310 valence electrons. The molecule has 10 aromatic carbocycles. The van der Waals surface area contributed by atoms with Crippen LogP contribution in [0.4, 0.5) is 17.1 Å². The summed E-state index contributed by atoms with van der Waals surface area (Å²) in [6.45, 7) is 4.69. The lowest BCUT2D eigenvalue weighted by Crippen LogP contribution is -2.35. The topological polar surface area (TPSA) is 3.24 Å². The first-order valence-corrected chi connectivity index (χ1v) is 23.4. The van der Waals surface area contributed by atoms with Crippen LogP contribution in [0.3, 0.4) is 0 Å². The van der Waals surface area contributed by atoms with E-state index in [1.807, 2.05) is 0 Å². The van der Waals surface area contributed by atoms with E-state index < -0.39 is 5.41 Å². The summed E-state index contributed by atoms with van der Waals surface area (Å²) in [5, 5.41) is 0. The van der Waals surface area contributed by atoms with E-state index in [0.717, 1.165) is 17.1 Å². The second kappa shape index (κ2) is 13.8. The summed E-state index contributed by atoms with van der Waals surface area (Å²) >= 11 is 0. The van der Waals surface area contributed by atoms with Crippen LogP contribution in [-0.2, 0) is 10.8 Å². The highest BCUT2D eigenvalue weighted by Crippen LogP contribution is 2.65. The predicted molar refractivity (Wildman–Crippen MR) is 273 cm³/mol. The molecule has 1 nitrogen and oxygen atoms in total. The highest BCUT2D eigenvalue weighted by atomic mass is 15.1. The minimum atomic E-state index is -0.444. The third-order valence-electron chi connectivity index (χ3n) is 15.6. The first-order valence-electron chi connectivity index (χ1n) is 23.4. The quantitative estimate of drug-likeness (QED) is 0.167. The van der Waals surface area contributed by atoms with Gasteiger partial charge in [0.05, 0.1) is 11.1 Å². The molecule has 0 radical (unpaired) electrons. The molecule has 4 aliphatic rings. The SMILES string of the molecule is CC1(C)c2ccccc2-c2cc(-c3ccc(N(c4ccccc4)c4ccccc4-c4ccc5c(c4)-c4ccccc4C54c5ccccc5C5c6ccccc6-c6cccc4c65)cc3)ccc21. The molecule has 0 aromatic heterocycles. The summed E-state index contributed by atoms with van der Waals surface area (Å²) in [6.07, 6.45) is 0. The highest BCUT2D eigenvalue weighted by Gasteiger charge is 2.53. The van der Waals surface area contributed by atoms with Crippen molar-refractivity contribution in [2.75, 3.05) is 4.90 Å². The summed E-state index contributed by atoms with van der Waals surface area (Å²) in [7, 11) is 0. The van der Waals surface area contributed by atoms with Gasteiger partial charge in [-0.05, 0) is 143 Å². The van der Waals surface area contributed by atoms with Crippen molar-refractivity contribution in [2.24, 2.45) is 0 Å². The van der Waals surface area contributed by atoms with E-state index in [0.29, 0.717) is 0 Å². The van der Waals surface area contributed by atoms with E-state index in [9.17, 15) is 0 Å². The Labute approximate surface area is 387 Å². The number of para-hydroxylation sites is 2. The molecule has 2 atom stereocenters. The Kier molecular flexibility index (Phi) is 7.79. The fourth-order valence-corrected chi connectivity index (χ4v) is 12.8. The zero-order chi connectivity index (χ0) is 43.7. The molecule has 1 spiro atoms. The molecule has 10 aromatic rings. The van der Waals surface area contributed by atoms with Crippen LogP contribution in [0.5, 0.6) is 0 Å². The maximum Gasteiger partial charge on any atom is 0.0719 e. The molecular weight excluding hydrogens is 795 g/mol. The molecule has 66 heavy (non-hydrogen) atoms. The van der Waals surface area contributed by atoms with Crippen LogP contribution in [0.15, 0.2) is 231 Å². The van der Waals surface area contributed by atoms with Gasteiger partial charge in [0.25, 0.3) is 0 Å². The Bertz CT molecular complexity index is 3630. The first kappa shape index (κ1) is 37.4. The Morgan fingerprint density at radius 1 is 0.318 bits per heavy atom. The number of hydrogen-bond acceptors (Lipinski definition) is 1. The monoisotopic (exact) mass is 839 g/mol. The van der Waals surface area contributed by atoms with Gasteiger partial charge in [0, 0.05) is 28.3 Å². The lowest BCUT2D eigenvalue weighted by Gasteiger charge is -2.42. The van der Waals surface area contributed by atoms with Gasteiger partial charge in [-0.3, -0.25) is 0 Å². The molecule has 2 unspecified atom stereocenters. The fraction of sp³-hybridized carbons (Fsp3) is 0.0769. The van der Waals surface area contributed by atoms with Crippen molar-refractivity contribution in [3.8, 4) is 55.6 Å². The van der Waals surface area contributed by atoms with Crippen molar-refractivity contribution in [1.29, 1.82) is 0 Å². The number of fused-ring (bicyclic) bond motifs is 15. The second-order valence-electron chi connectivity index (χ2n) is 19.1. The van der Waals surface area contributed by atoms with E-state index in [1.54, 1.807) is 0 Å². The van der Waals surface area contributed by atoms with Gasteiger partial charge < -0.3 is 4.90 Å². The van der Waals surface area contributed by atoms with Gasteiger partial charge in [0.15, 0.2) is 0 Å². The minimum absolute atomic E-state index is 0.0123. The molecule has 0 fully saturated rings. The van der Waals surface area contributed by atoms with Gasteiger partial charge in [0.2, 0.25) is 0 Å². The van der Waals surface area contributed by atoms with E-state index in [1.165, 1.54) is 106 Å². The maximum atomic E-state index is 2.48. The van der Waals surface area contributed by atoms with Crippen LogP contribution in [0.25, 0.3) is 55.6 Å². The smallest absolute Gasteiger partial charge is 0.0719 e. The Morgan fingerprint density at radius 2 is 0.818 bits per heavy atom. The number of nitrogens with zero attached hydrogens (tertiary/aromatic N) is 1. The van der Waals surface area contributed by atoms with Crippen LogP contribution >= 0.6 is 0 Å². The van der Waals surface area contributed by atoms with Crippen LogP contribution in [0, 0.1) is 0 Å². The number of hydrogen-bond donors (Lipinski definition) is 0. The van der Waals surface area contributed by atoms with E-state index in [4.69, 9.17) is 0 Å². The van der Waals surface area contributed by atoms with Gasteiger partial charge in [-0.2, -0.15) is 0 Å². The first-order chi connectivity index (χ1) is 32.5. The summed E-state index contributed by atoms with van der Waals surface area (Å²) < 4.78 is 0. The Morgan fingerprint density at radius 3 is 1.62 bits per heavy atom. The Hall–Kier alpha value is -8.00. The maximum absolute atomic E-state index is 2.48. The van der Waals surface area contributed by atoms with E-state index >= 15 is 0 Å². The third kappa shape index (κ3) is 4.95. The molecular formula is C65H45N. The molecule has 0 N–H and O–H groups in total. The van der Waals surface area contributed by atoms with Crippen molar-refractivity contribution in [1.82, 2.24) is 0 Å². The van der Waals surface area contributed by atoms with Crippen LogP contribution in [-0.4, -0.2) is 0 Å². The normalized spacial score (nSPS) is 17.0. The fourth-order valence-electron chi connectivity index (χ4n) is 12.8. The van der Waals surface area contributed by atoms with Crippen LogP contribution in [0.1, 0.15) is 69.8 Å². The van der Waals surface area contributed by atoms with E-state index in [2.05, 4.69) is 249 Å².